The molecule has 0 fully saturated rings. The smallest absolute Gasteiger partial charge is 0.342 e. The highest BCUT2D eigenvalue weighted by atomic mass is 19.4. The number of hydrogen-bond acceptors (Lipinski definition) is 4. The van der Waals surface area contributed by atoms with Gasteiger partial charge < -0.3 is 20.5 Å². The van der Waals surface area contributed by atoms with Crippen molar-refractivity contribution in [1.29, 1.82) is 0 Å². The lowest BCUT2D eigenvalue weighted by Gasteiger charge is -2.23. The number of fused-ring (bicyclic) bond motifs is 3. The summed E-state index contributed by atoms with van der Waals surface area (Å²) >= 11 is 0. The first-order valence-corrected chi connectivity index (χ1v) is 11.1. The van der Waals surface area contributed by atoms with E-state index in [1.165, 1.54) is 15.8 Å². The second kappa shape index (κ2) is 10.2. The number of carbonyl (C=O) groups excluding carboxylic acids is 2. The van der Waals surface area contributed by atoms with Gasteiger partial charge in [-0.2, -0.15) is 13.2 Å². The summed E-state index contributed by atoms with van der Waals surface area (Å²) in [5.74, 6) is -5.14. The average molecular weight is 525 g/mol. The zero-order valence-corrected chi connectivity index (χ0v) is 19.2. The number of nitrogens with two attached hydrogens (primary N) is 1. The molecule has 2 amide bonds. The van der Waals surface area contributed by atoms with Crippen molar-refractivity contribution in [3.05, 3.63) is 82.7 Å². The monoisotopic (exact) mass is 525 g/mol. The van der Waals surface area contributed by atoms with Gasteiger partial charge in [-0.15, -0.1) is 0 Å². The van der Waals surface area contributed by atoms with Crippen LogP contribution in [-0.4, -0.2) is 45.0 Å². The molecule has 0 bridgehead atoms. The summed E-state index contributed by atoms with van der Waals surface area (Å²) in [6.45, 7) is -1.63. The number of benzene rings is 2. The van der Waals surface area contributed by atoms with Gasteiger partial charge in [0.25, 0.3) is 5.91 Å². The molecule has 0 aliphatic carbocycles. The predicted molar refractivity (Wildman–Crippen MR) is 119 cm³/mol. The topological polar surface area (TPSA) is 93.2 Å². The SMILES string of the molecule is NC(CC(=O)N1Cc2ccccc2-n2cnc(C(=O)NCC(F)(F)F)c2C1)Cc1cc(F)c(F)cc1F. The number of carbonyl (C=O) groups is 2. The van der Waals surface area contributed by atoms with Crippen LogP contribution in [-0.2, 0) is 24.3 Å². The summed E-state index contributed by atoms with van der Waals surface area (Å²) < 4.78 is 80.1. The Morgan fingerprint density at radius 1 is 1.05 bits per heavy atom. The molecule has 1 aromatic heterocycles. The minimum atomic E-state index is -4.62. The lowest BCUT2D eigenvalue weighted by atomic mass is 10.0. The van der Waals surface area contributed by atoms with E-state index in [9.17, 15) is 35.9 Å². The van der Waals surface area contributed by atoms with E-state index in [4.69, 9.17) is 5.73 Å². The van der Waals surface area contributed by atoms with Crippen LogP contribution in [0.15, 0.2) is 42.7 Å². The lowest BCUT2D eigenvalue weighted by Crippen LogP contribution is -2.37. The Hall–Kier alpha value is -3.87. The van der Waals surface area contributed by atoms with Crippen molar-refractivity contribution in [3.63, 3.8) is 0 Å². The highest BCUT2D eigenvalue weighted by Crippen LogP contribution is 2.27. The van der Waals surface area contributed by atoms with Gasteiger partial charge in [-0.1, -0.05) is 18.2 Å². The van der Waals surface area contributed by atoms with Gasteiger partial charge in [0.1, 0.15) is 18.7 Å². The van der Waals surface area contributed by atoms with Gasteiger partial charge in [0.15, 0.2) is 17.3 Å². The van der Waals surface area contributed by atoms with Gasteiger partial charge in [-0.3, -0.25) is 9.59 Å². The van der Waals surface area contributed by atoms with Crippen LogP contribution in [0.1, 0.15) is 33.7 Å². The van der Waals surface area contributed by atoms with Crippen molar-refractivity contribution < 1.29 is 35.9 Å². The van der Waals surface area contributed by atoms with Crippen molar-refractivity contribution in [3.8, 4) is 5.69 Å². The van der Waals surface area contributed by atoms with E-state index in [2.05, 4.69) is 4.98 Å². The van der Waals surface area contributed by atoms with Gasteiger partial charge in [0.05, 0.1) is 17.9 Å². The molecular weight excluding hydrogens is 504 g/mol. The first-order chi connectivity index (χ1) is 17.4. The fraction of sp³-hybridized carbons (Fsp3) is 0.292. The van der Waals surface area contributed by atoms with Crippen LogP contribution in [0.5, 0.6) is 0 Å². The van der Waals surface area contributed by atoms with Crippen molar-refractivity contribution in [2.75, 3.05) is 6.54 Å². The zero-order chi connectivity index (χ0) is 26.9. The third kappa shape index (κ3) is 5.93. The minimum Gasteiger partial charge on any atom is -0.342 e. The molecule has 1 aliphatic heterocycles. The molecule has 0 saturated heterocycles. The standard InChI is InChI=1S/C24H21F6N5O2/c25-16-8-18(27)17(26)6-14(16)5-15(31)7-21(36)34-9-13-3-1-2-4-19(13)35-12-33-22(20(35)10-34)23(37)32-11-24(28,29)30/h1-4,6,8,12,15H,5,7,9-11,31H2,(H,32,37). The van der Waals surface area contributed by atoms with E-state index >= 15 is 0 Å². The van der Waals surface area contributed by atoms with Gasteiger partial charge in [0, 0.05) is 25.1 Å². The Morgan fingerprint density at radius 3 is 2.49 bits per heavy atom. The number of amides is 2. The second-order valence-corrected chi connectivity index (χ2v) is 8.61. The molecule has 37 heavy (non-hydrogen) atoms. The molecular formula is C24H21F6N5O2. The van der Waals surface area contributed by atoms with Crippen molar-refractivity contribution in [2.45, 2.75) is 38.1 Å². The molecule has 1 atom stereocenters. The molecule has 0 radical (unpaired) electrons. The maximum absolute atomic E-state index is 14.0. The van der Waals surface area contributed by atoms with E-state index in [1.807, 2.05) is 0 Å². The third-order valence-corrected chi connectivity index (χ3v) is 5.84. The molecule has 3 aromatic rings. The number of alkyl halides is 3. The molecule has 1 aliphatic rings. The molecule has 2 aromatic carbocycles. The van der Waals surface area contributed by atoms with Gasteiger partial charge in [-0.25, -0.2) is 18.2 Å². The van der Waals surface area contributed by atoms with E-state index in [0.29, 0.717) is 23.4 Å². The second-order valence-electron chi connectivity index (χ2n) is 8.61. The van der Waals surface area contributed by atoms with Gasteiger partial charge in [-0.05, 0) is 29.7 Å². The normalized spacial score (nSPS) is 14.0. The molecule has 1 unspecified atom stereocenters. The molecule has 196 valence electrons. The Balaban J connectivity index is 1.57. The van der Waals surface area contributed by atoms with Crippen LogP contribution in [0.25, 0.3) is 5.69 Å². The summed E-state index contributed by atoms with van der Waals surface area (Å²) in [4.78, 5) is 31.0. The zero-order valence-electron chi connectivity index (χ0n) is 19.2. The van der Waals surface area contributed by atoms with Crippen LogP contribution >= 0.6 is 0 Å². The fourth-order valence-electron chi connectivity index (χ4n) is 4.11. The highest BCUT2D eigenvalue weighted by Gasteiger charge is 2.31. The third-order valence-electron chi connectivity index (χ3n) is 5.84. The highest BCUT2D eigenvalue weighted by molar-refractivity contribution is 5.94. The van der Waals surface area contributed by atoms with Crippen molar-refractivity contribution in [1.82, 2.24) is 19.8 Å². The molecule has 7 nitrogen and oxygen atoms in total. The number of nitrogens with zero attached hydrogens (tertiary/aromatic N) is 3. The molecule has 4 rings (SSSR count). The summed E-state index contributed by atoms with van der Waals surface area (Å²) in [6.07, 6.45) is -3.88. The summed E-state index contributed by atoms with van der Waals surface area (Å²) in [5, 5.41) is 1.78. The first-order valence-electron chi connectivity index (χ1n) is 11.1. The quantitative estimate of drug-likeness (QED) is 0.381. The summed E-state index contributed by atoms with van der Waals surface area (Å²) in [5.41, 5.74) is 7.01. The van der Waals surface area contributed by atoms with Crippen LogP contribution in [0.3, 0.4) is 0 Å². The number of halogens is 6. The van der Waals surface area contributed by atoms with Gasteiger partial charge in [0.2, 0.25) is 5.91 Å². The van der Waals surface area contributed by atoms with Crippen LogP contribution in [0, 0.1) is 17.5 Å². The maximum atomic E-state index is 14.0. The fourth-order valence-corrected chi connectivity index (χ4v) is 4.11. The van der Waals surface area contributed by atoms with E-state index in [-0.39, 0.29) is 42.9 Å². The van der Waals surface area contributed by atoms with Crippen LogP contribution in [0.2, 0.25) is 0 Å². The lowest BCUT2D eigenvalue weighted by molar-refractivity contribution is -0.132. The first kappa shape index (κ1) is 26.2. The number of rotatable bonds is 6. The Labute approximate surface area is 206 Å². The number of nitrogens with one attached hydrogen (secondary N) is 1. The van der Waals surface area contributed by atoms with E-state index in [1.54, 1.807) is 29.6 Å². The molecule has 13 heteroatoms. The van der Waals surface area contributed by atoms with E-state index < -0.39 is 48.0 Å². The maximum Gasteiger partial charge on any atom is 0.405 e. The molecule has 2 heterocycles. The molecule has 0 saturated carbocycles. The Bertz CT molecular complexity index is 1340. The van der Waals surface area contributed by atoms with Crippen molar-refractivity contribution in [2.24, 2.45) is 5.73 Å². The Morgan fingerprint density at radius 2 is 1.76 bits per heavy atom. The van der Waals surface area contributed by atoms with Crippen molar-refractivity contribution >= 4 is 11.8 Å². The average Bonchev–Trinajstić information content (AvgIpc) is 3.16. The number of hydrogen-bond donors (Lipinski definition) is 2. The van der Waals surface area contributed by atoms with E-state index in [0.717, 1.165) is 0 Å². The number of imidazole rings is 1. The largest absolute Gasteiger partial charge is 0.405 e. The minimum absolute atomic E-state index is 0.0898. The number of aromatic nitrogens is 2. The van der Waals surface area contributed by atoms with Crippen LogP contribution < -0.4 is 11.1 Å². The Kier molecular flexibility index (Phi) is 7.25. The number of para-hydroxylation sites is 1. The van der Waals surface area contributed by atoms with Gasteiger partial charge >= 0.3 is 6.18 Å². The van der Waals surface area contributed by atoms with Crippen LogP contribution in [0.4, 0.5) is 26.3 Å². The molecule has 0 spiro atoms. The molecule has 3 N–H and O–H groups in total. The summed E-state index contributed by atoms with van der Waals surface area (Å²) in [7, 11) is 0. The summed E-state index contributed by atoms with van der Waals surface area (Å²) in [6, 6.07) is 7.03. The predicted octanol–water partition coefficient (Wildman–Crippen LogP) is 3.38.